The first-order valence-corrected chi connectivity index (χ1v) is 7.00. The molecule has 0 saturated carbocycles. The van der Waals surface area contributed by atoms with Crippen LogP contribution >= 0.6 is 0 Å². The molecule has 104 valence electrons. The molecule has 3 N–H and O–H groups in total. The van der Waals surface area contributed by atoms with Crippen LogP contribution in [-0.2, 0) is 13.0 Å². The van der Waals surface area contributed by atoms with E-state index in [1.54, 1.807) is 0 Å². The van der Waals surface area contributed by atoms with Crippen molar-refractivity contribution in [2.75, 3.05) is 6.54 Å². The van der Waals surface area contributed by atoms with E-state index in [-0.39, 0.29) is 6.54 Å². The van der Waals surface area contributed by atoms with Gasteiger partial charge < -0.3 is 15.4 Å². The van der Waals surface area contributed by atoms with Crippen LogP contribution in [0.5, 0.6) is 0 Å². The van der Waals surface area contributed by atoms with E-state index in [2.05, 4.69) is 29.5 Å². The highest BCUT2D eigenvalue weighted by molar-refractivity contribution is 5.75. The number of aryl methyl sites for hydroxylation is 1. The first-order chi connectivity index (χ1) is 9.13. The maximum absolute atomic E-state index is 10.5. The molecule has 0 aliphatic carbocycles. The normalized spacial score (nSPS) is 14.7. The van der Waals surface area contributed by atoms with Gasteiger partial charge in [0.2, 0.25) is 0 Å². The first kappa shape index (κ1) is 14.0. The molecule has 0 aliphatic heterocycles. The van der Waals surface area contributed by atoms with Crippen LogP contribution in [0.15, 0.2) is 24.3 Å². The van der Waals surface area contributed by atoms with Crippen molar-refractivity contribution in [3.63, 3.8) is 0 Å². The molecule has 0 bridgehead atoms. The van der Waals surface area contributed by atoms with Gasteiger partial charge in [-0.2, -0.15) is 0 Å². The monoisotopic (exact) mass is 261 g/mol. The Balaban J connectivity index is 2.39. The molecule has 1 atom stereocenters. The highest BCUT2D eigenvalue weighted by Crippen LogP contribution is 2.22. The molecule has 0 amide bonds. The van der Waals surface area contributed by atoms with Gasteiger partial charge in [-0.25, -0.2) is 4.98 Å². The third kappa shape index (κ3) is 2.80. The zero-order valence-electron chi connectivity index (χ0n) is 11.8. The molecule has 1 aromatic carbocycles. The lowest BCUT2D eigenvalue weighted by Crippen LogP contribution is -2.40. The van der Waals surface area contributed by atoms with E-state index >= 15 is 0 Å². The average Bonchev–Trinajstić information content (AvgIpc) is 2.75. The predicted molar refractivity (Wildman–Crippen MR) is 78.0 cm³/mol. The quantitative estimate of drug-likeness (QED) is 0.837. The van der Waals surface area contributed by atoms with Gasteiger partial charge in [-0.05, 0) is 25.5 Å². The number of benzene rings is 1. The molecule has 1 aromatic heterocycles. The number of aliphatic hydroxyl groups is 1. The summed E-state index contributed by atoms with van der Waals surface area (Å²) in [5.74, 6) is 0.921. The number of hydrogen-bond acceptors (Lipinski definition) is 3. The number of nitrogens with zero attached hydrogens (tertiary/aromatic N) is 2. The fourth-order valence-corrected chi connectivity index (χ4v) is 2.64. The number of fused-ring (bicyclic) bond motifs is 1. The van der Waals surface area contributed by atoms with E-state index in [0.717, 1.165) is 29.8 Å². The summed E-state index contributed by atoms with van der Waals surface area (Å²) >= 11 is 0. The van der Waals surface area contributed by atoms with Crippen LogP contribution in [-0.4, -0.2) is 26.8 Å². The van der Waals surface area contributed by atoms with Crippen LogP contribution < -0.4 is 5.73 Å². The van der Waals surface area contributed by atoms with E-state index in [1.165, 1.54) is 0 Å². The van der Waals surface area contributed by atoms with Gasteiger partial charge in [0.25, 0.3) is 0 Å². The maximum Gasteiger partial charge on any atom is 0.112 e. The van der Waals surface area contributed by atoms with Crippen molar-refractivity contribution in [2.24, 2.45) is 5.73 Å². The van der Waals surface area contributed by atoms with E-state index in [0.29, 0.717) is 12.8 Å². The fourth-order valence-electron chi connectivity index (χ4n) is 2.64. The van der Waals surface area contributed by atoms with Gasteiger partial charge in [-0.1, -0.05) is 25.5 Å². The molecule has 4 heteroatoms. The van der Waals surface area contributed by atoms with E-state index in [9.17, 15) is 5.11 Å². The largest absolute Gasteiger partial charge is 0.388 e. The number of para-hydroxylation sites is 2. The first-order valence-electron chi connectivity index (χ1n) is 7.00. The number of rotatable bonds is 6. The van der Waals surface area contributed by atoms with Gasteiger partial charge in [-0.15, -0.1) is 0 Å². The molecule has 2 rings (SSSR count). The van der Waals surface area contributed by atoms with Gasteiger partial charge in [0.1, 0.15) is 5.82 Å². The Morgan fingerprint density at radius 2 is 2.05 bits per heavy atom. The maximum atomic E-state index is 10.5. The van der Waals surface area contributed by atoms with E-state index in [4.69, 9.17) is 5.73 Å². The minimum absolute atomic E-state index is 0.272. The van der Waals surface area contributed by atoms with Gasteiger partial charge >= 0.3 is 0 Å². The molecule has 1 heterocycles. The minimum Gasteiger partial charge on any atom is -0.388 e. The SMILES string of the molecule is CCCC(O)(CN)Cc1nc2ccccc2n1CC. The van der Waals surface area contributed by atoms with Crippen LogP contribution in [0.1, 0.15) is 32.5 Å². The van der Waals surface area contributed by atoms with Crippen molar-refractivity contribution in [2.45, 2.75) is 45.3 Å². The highest BCUT2D eigenvalue weighted by atomic mass is 16.3. The smallest absolute Gasteiger partial charge is 0.112 e. The molecule has 0 aliphatic rings. The molecule has 0 fully saturated rings. The van der Waals surface area contributed by atoms with Crippen molar-refractivity contribution < 1.29 is 5.11 Å². The van der Waals surface area contributed by atoms with Crippen molar-refractivity contribution in [1.82, 2.24) is 9.55 Å². The third-order valence-electron chi connectivity index (χ3n) is 3.63. The van der Waals surface area contributed by atoms with Crippen LogP contribution in [0.25, 0.3) is 11.0 Å². The molecule has 0 radical (unpaired) electrons. The zero-order chi connectivity index (χ0) is 13.9. The summed E-state index contributed by atoms with van der Waals surface area (Å²) in [6.07, 6.45) is 2.14. The summed E-state index contributed by atoms with van der Waals surface area (Å²) in [5, 5.41) is 10.5. The molecular weight excluding hydrogens is 238 g/mol. The van der Waals surface area contributed by atoms with Gasteiger partial charge in [0, 0.05) is 19.5 Å². The summed E-state index contributed by atoms with van der Waals surface area (Å²) < 4.78 is 2.16. The summed E-state index contributed by atoms with van der Waals surface area (Å²) in [7, 11) is 0. The third-order valence-corrected chi connectivity index (χ3v) is 3.63. The minimum atomic E-state index is -0.844. The van der Waals surface area contributed by atoms with Crippen LogP contribution in [0.4, 0.5) is 0 Å². The lowest BCUT2D eigenvalue weighted by Gasteiger charge is -2.25. The van der Waals surface area contributed by atoms with Crippen molar-refractivity contribution in [3.8, 4) is 0 Å². The molecule has 0 spiro atoms. The second-order valence-electron chi connectivity index (χ2n) is 5.12. The predicted octanol–water partition coefficient (Wildman–Crippen LogP) is 2.09. The highest BCUT2D eigenvalue weighted by Gasteiger charge is 2.27. The number of imidazole rings is 1. The second-order valence-corrected chi connectivity index (χ2v) is 5.12. The van der Waals surface area contributed by atoms with E-state index < -0.39 is 5.60 Å². The van der Waals surface area contributed by atoms with Crippen LogP contribution in [0, 0.1) is 0 Å². The molecule has 19 heavy (non-hydrogen) atoms. The average molecular weight is 261 g/mol. The fraction of sp³-hybridized carbons (Fsp3) is 0.533. The number of hydrogen-bond donors (Lipinski definition) is 2. The Kier molecular flexibility index (Phi) is 4.22. The zero-order valence-corrected chi connectivity index (χ0v) is 11.8. The van der Waals surface area contributed by atoms with Gasteiger partial charge in [-0.3, -0.25) is 0 Å². The van der Waals surface area contributed by atoms with Crippen LogP contribution in [0.3, 0.4) is 0 Å². The van der Waals surface area contributed by atoms with Crippen molar-refractivity contribution in [3.05, 3.63) is 30.1 Å². The van der Waals surface area contributed by atoms with Crippen molar-refractivity contribution in [1.29, 1.82) is 0 Å². The molecule has 1 unspecified atom stereocenters. The standard InChI is InChI=1S/C15H23N3O/c1-3-9-15(19,11-16)10-14-17-12-7-5-6-8-13(12)18(14)4-2/h5-8,19H,3-4,9-11,16H2,1-2H3. The summed E-state index contributed by atoms with van der Waals surface area (Å²) in [6, 6.07) is 8.07. The second kappa shape index (κ2) is 5.72. The van der Waals surface area contributed by atoms with Crippen LogP contribution in [0.2, 0.25) is 0 Å². The summed E-state index contributed by atoms with van der Waals surface area (Å²) in [5.41, 5.74) is 7.00. The van der Waals surface area contributed by atoms with Gasteiger partial charge in [0.15, 0.2) is 0 Å². The number of aromatic nitrogens is 2. The number of nitrogens with two attached hydrogens (primary N) is 1. The summed E-state index contributed by atoms with van der Waals surface area (Å²) in [4.78, 5) is 4.65. The van der Waals surface area contributed by atoms with Crippen molar-refractivity contribution >= 4 is 11.0 Å². The Morgan fingerprint density at radius 1 is 1.32 bits per heavy atom. The van der Waals surface area contributed by atoms with E-state index in [1.807, 2.05) is 18.2 Å². The lowest BCUT2D eigenvalue weighted by atomic mass is 9.94. The Morgan fingerprint density at radius 3 is 2.68 bits per heavy atom. The Labute approximate surface area is 114 Å². The summed E-state index contributed by atoms with van der Waals surface area (Å²) in [6.45, 7) is 5.28. The molecular formula is C15H23N3O. The Bertz CT molecular complexity index is 549. The van der Waals surface area contributed by atoms with Gasteiger partial charge in [0.05, 0.1) is 16.6 Å². The molecule has 4 nitrogen and oxygen atoms in total. The molecule has 0 saturated heterocycles. The lowest BCUT2D eigenvalue weighted by molar-refractivity contribution is 0.0373. The Hall–Kier alpha value is -1.39. The molecule has 2 aromatic rings. The topological polar surface area (TPSA) is 64.1 Å².